The maximum absolute atomic E-state index is 2.16. The van der Waals surface area contributed by atoms with E-state index in [1.165, 1.54) is 5.56 Å². The second-order valence-electron chi connectivity index (χ2n) is 3.03. The molecule has 1 nitrogen and oxygen atoms in total. The van der Waals surface area contributed by atoms with Gasteiger partial charge in [0.05, 0.1) is 0 Å². The number of halogens is 1. The molecule has 72 valence electrons. The largest absolute Gasteiger partial charge is 1.00 e. The van der Waals surface area contributed by atoms with Crippen molar-refractivity contribution in [3.8, 4) is 0 Å². The summed E-state index contributed by atoms with van der Waals surface area (Å²) in [5.41, 5.74) is 1.33. The monoisotopic (exact) mass is 205 g/mol. The van der Waals surface area contributed by atoms with Gasteiger partial charge in [-0.1, -0.05) is 36.4 Å². The molecule has 0 saturated carbocycles. The first-order chi connectivity index (χ1) is 6.45. The van der Waals surface area contributed by atoms with Crippen LogP contribution in [-0.2, 0) is 6.54 Å². The van der Waals surface area contributed by atoms with E-state index < -0.39 is 0 Å². The van der Waals surface area contributed by atoms with Crippen molar-refractivity contribution in [2.75, 3.05) is 0 Å². The van der Waals surface area contributed by atoms with Gasteiger partial charge in [-0.2, -0.15) is 0 Å². The second-order valence-corrected chi connectivity index (χ2v) is 3.03. The average molecular weight is 206 g/mol. The topological polar surface area (TPSA) is 3.88 Å². The van der Waals surface area contributed by atoms with Crippen molar-refractivity contribution in [3.05, 3.63) is 66.5 Å². The molecule has 2 rings (SSSR count). The van der Waals surface area contributed by atoms with E-state index in [2.05, 4.69) is 41.2 Å². The molecule has 0 N–H and O–H groups in total. The zero-order valence-corrected chi connectivity index (χ0v) is 8.56. The molecule has 14 heavy (non-hydrogen) atoms. The minimum Gasteiger partial charge on any atom is -1.00 e. The maximum Gasteiger partial charge on any atom is 0.173 e. The van der Waals surface area contributed by atoms with Gasteiger partial charge in [0.25, 0.3) is 0 Å². The Balaban J connectivity index is 0.000000980. The Hall–Kier alpha value is -1.34. The lowest BCUT2D eigenvalue weighted by molar-refractivity contribution is -0.688. The number of rotatable bonds is 2. The Labute approximate surface area is 90.4 Å². The van der Waals surface area contributed by atoms with Crippen LogP contribution in [0.4, 0.5) is 0 Å². The van der Waals surface area contributed by atoms with E-state index in [1.807, 2.05) is 24.3 Å². The molecule has 0 amide bonds. The van der Waals surface area contributed by atoms with Crippen molar-refractivity contribution >= 4 is 0 Å². The molecule has 1 aromatic carbocycles. The number of pyridine rings is 1. The molecule has 0 saturated heterocycles. The van der Waals surface area contributed by atoms with E-state index >= 15 is 0 Å². The first-order valence-corrected chi connectivity index (χ1v) is 4.43. The Morgan fingerprint density at radius 3 is 2.00 bits per heavy atom. The third kappa shape index (κ3) is 2.86. The lowest BCUT2D eigenvalue weighted by Gasteiger charge is -1.95. The lowest BCUT2D eigenvalue weighted by Crippen LogP contribution is -3.00. The van der Waals surface area contributed by atoms with Crippen LogP contribution < -0.4 is 17.0 Å². The van der Waals surface area contributed by atoms with Crippen LogP contribution in [0.15, 0.2) is 60.9 Å². The summed E-state index contributed by atoms with van der Waals surface area (Å²) in [6.45, 7) is 0.946. The van der Waals surface area contributed by atoms with Crippen LogP contribution in [-0.4, -0.2) is 0 Å². The molecule has 0 aliphatic heterocycles. The van der Waals surface area contributed by atoms with Crippen LogP contribution in [0.25, 0.3) is 0 Å². The summed E-state index contributed by atoms with van der Waals surface area (Å²) in [7, 11) is 0. The summed E-state index contributed by atoms with van der Waals surface area (Å²) < 4.78 is 2.16. The van der Waals surface area contributed by atoms with Crippen molar-refractivity contribution in [2.24, 2.45) is 0 Å². The quantitative estimate of drug-likeness (QED) is 0.556. The summed E-state index contributed by atoms with van der Waals surface area (Å²) in [4.78, 5) is 0. The van der Waals surface area contributed by atoms with Crippen molar-refractivity contribution in [1.29, 1.82) is 0 Å². The molecule has 0 radical (unpaired) electrons. The third-order valence-corrected chi connectivity index (χ3v) is 1.99. The summed E-state index contributed by atoms with van der Waals surface area (Å²) >= 11 is 0. The molecule has 0 aliphatic carbocycles. The Kier molecular flexibility index (Phi) is 4.14. The predicted molar refractivity (Wildman–Crippen MR) is 52.2 cm³/mol. The fourth-order valence-corrected chi connectivity index (χ4v) is 1.33. The molecule has 0 bridgehead atoms. The Morgan fingerprint density at radius 1 is 0.786 bits per heavy atom. The summed E-state index contributed by atoms with van der Waals surface area (Å²) in [5, 5.41) is 0. The molecular formula is C12H12ClN. The highest BCUT2D eigenvalue weighted by Gasteiger charge is 1.98. The van der Waals surface area contributed by atoms with Crippen LogP contribution in [0.5, 0.6) is 0 Å². The average Bonchev–Trinajstić information content (AvgIpc) is 2.21. The smallest absolute Gasteiger partial charge is 0.173 e. The van der Waals surface area contributed by atoms with E-state index in [4.69, 9.17) is 0 Å². The fourth-order valence-electron chi connectivity index (χ4n) is 1.33. The van der Waals surface area contributed by atoms with Gasteiger partial charge in [-0.25, -0.2) is 4.57 Å². The van der Waals surface area contributed by atoms with Gasteiger partial charge in [-0.05, 0) is 0 Å². The summed E-state index contributed by atoms with van der Waals surface area (Å²) in [6.07, 6.45) is 4.15. The van der Waals surface area contributed by atoms with Gasteiger partial charge in [0, 0.05) is 17.7 Å². The van der Waals surface area contributed by atoms with Crippen molar-refractivity contribution in [3.63, 3.8) is 0 Å². The molecule has 2 aromatic rings. The molecule has 0 aliphatic rings. The maximum atomic E-state index is 2.16. The molecular weight excluding hydrogens is 194 g/mol. The second kappa shape index (κ2) is 5.40. The van der Waals surface area contributed by atoms with Crippen LogP contribution in [0.1, 0.15) is 5.56 Å². The molecule has 0 atom stereocenters. The highest BCUT2D eigenvalue weighted by Crippen LogP contribution is 1.96. The van der Waals surface area contributed by atoms with E-state index in [1.54, 1.807) is 0 Å². The van der Waals surface area contributed by atoms with Crippen molar-refractivity contribution < 1.29 is 17.0 Å². The Morgan fingerprint density at radius 2 is 1.36 bits per heavy atom. The minimum absolute atomic E-state index is 0. The first-order valence-electron chi connectivity index (χ1n) is 4.43. The molecule has 1 heterocycles. The van der Waals surface area contributed by atoms with Gasteiger partial charge in [-0.3, -0.25) is 0 Å². The van der Waals surface area contributed by atoms with Crippen LogP contribution in [0.2, 0.25) is 0 Å². The number of hydrogen-bond donors (Lipinski definition) is 0. The van der Waals surface area contributed by atoms with Crippen molar-refractivity contribution in [1.82, 2.24) is 0 Å². The fraction of sp³-hybridized carbons (Fsp3) is 0.0833. The first kappa shape index (κ1) is 10.7. The summed E-state index contributed by atoms with van der Waals surface area (Å²) in [5.74, 6) is 0. The van der Waals surface area contributed by atoms with Gasteiger partial charge in [0.2, 0.25) is 0 Å². The third-order valence-electron chi connectivity index (χ3n) is 1.99. The highest BCUT2D eigenvalue weighted by atomic mass is 35.5. The molecule has 1 aromatic heterocycles. The number of benzene rings is 1. The number of hydrogen-bond acceptors (Lipinski definition) is 0. The van der Waals surface area contributed by atoms with E-state index in [-0.39, 0.29) is 12.4 Å². The van der Waals surface area contributed by atoms with E-state index in [0.717, 1.165) is 6.54 Å². The summed E-state index contributed by atoms with van der Waals surface area (Å²) in [6, 6.07) is 16.6. The standard InChI is InChI=1S/C12H12N.ClH/c1-3-7-12(8-4-1)11-13-9-5-2-6-10-13;/h1-10H,11H2;1H/q+1;/p-1. The number of aromatic nitrogens is 1. The molecule has 2 heteroatoms. The van der Waals surface area contributed by atoms with Gasteiger partial charge < -0.3 is 12.4 Å². The molecule has 0 spiro atoms. The zero-order chi connectivity index (χ0) is 8.93. The van der Waals surface area contributed by atoms with Crippen LogP contribution >= 0.6 is 0 Å². The van der Waals surface area contributed by atoms with Crippen LogP contribution in [0.3, 0.4) is 0 Å². The minimum atomic E-state index is 0. The van der Waals surface area contributed by atoms with Crippen molar-refractivity contribution in [2.45, 2.75) is 6.54 Å². The van der Waals surface area contributed by atoms with Gasteiger partial charge in [0.1, 0.15) is 0 Å². The van der Waals surface area contributed by atoms with Gasteiger partial charge >= 0.3 is 0 Å². The zero-order valence-electron chi connectivity index (χ0n) is 7.81. The van der Waals surface area contributed by atoms with E-state index in [9.17, 15) is 0 Å². The highest BCUT2D eigenvalue weighted by molar-refractivity contribution is 5.13. The number of nitrogens with zero attached hydrogens (tertiary/aromatic N) is 1. The normalized spacial score (nSPS) is 9.14. The molecule has 0 fully saturated rings. The van der Waals surface area contributed by atoms with Gasteiger partial charge in [-0.15, -0.1) is 0 Å². The SMILES string of the molecule is [Cl-].c1ccc(C[n+]2ccccc2)cc1. The lowest BCUT2D eigenvalue weighted by atomic mass is 10.2. The van der Waals surface area contributed by atoms with Crippen LogP contribution in [0, 0.1) is 0 Å². The molecule has 0 unspecified atom stereocenters. The van der Waals surface area contributed by atoms with E-state index in [0.29, 0.717) is 0 Å². The predicted octanol–water partition coefficient (Wildman–Crippen LogP) is -0.974. The van der Waals surface area contributed by atoms with Gasteiger partial charge in [0.15, 0.2) is 18.9 Å². The Bertz CT molecular complexity index is 321.